The number of benzene rings is 1. The van der Waals surface area contributed by atoms with Gasteiger partial charge in [0, 0.05) is 5.56 Å². The molecular weight excluding hydrogens is 183 g/mol. The van der Waals surface area contributed by atoms with Gasteiger partial charge >= 0.3 is 0 Å². The Labute approximate surface area is 79.8 Å². The molecule has 70 valence electrons. The van der Waals surface area contributed by atoms with Crippen molar-refractivity contribution in [2.24, 2.45) is 0 Å². The zero-order valence-corrected chi connectivity index (χ0v) is 7.48. The van der Waals surface area contributed by atoms with Crippen LogP contribution in [-0.4, -0.2) is 20.4 Å². The maximum atomic E-state index is 12.6. The summed E-state index contributed by atoms with van der Waals surface area (Å²) in [5, 5.41) is 15.2. The van der Waals surface area contributed by atoms with E-state index in [1.165, 1.54) is 12.1 Å². The molecule has 0 aliphatic carbocycles. The highest BCUT2D eigenvalue weighted by Crippen LogP contribution is 2.12. The van der Waals surface area contributed by atoms with E-state index < -0.39 is 0 Å². The van der Waals surface area contributed by atoms with Gasteiger partial charge in [0.15, 0.2) is 5.82 Å². The summed E-state index contributed by atoms with van der Waals surface area (Å²) in [5.74, 6) is 0.619. The molecule has 0 amide bonds. The number of aromatic nitrogens is 4. The van der Waals surface area contributed by atoms with Crippen molar-refractivity contribution in [3.05, 3.63) is 35.9 Å². The second-order valence-corrected chi connectivity index (χ2v) is 2.78. The molecule has 1 heterocycles. The summed E-state index contributed by atoms with van der Waals surface area (Å²) in [4.78, 5) is 0. The topological polar surface area (TPSA) is 51.6 Å². The van der Waals surface area contributed by atoms with E-state index in [2.05, 4.69) is 20.4 Å². The van der Waals surface area contributed by atoms with Gasteiger partial charge in [0.25, 0.3) is 0 Å². The molecule has 0 spiro atoms. The second-order valence-electron chi connectivity index (χ2n) is 2.78. The van der Waals surface area contributed by atoms with Crippen LogP contribution in [0.25, 0.3) is 11.4 Å². The summed E-state index contributed by atoms with van der Waals surface area (Å²) < 4.78 is 12.6. The molecule has 0 radical (unpaired) electrons. The molecule has 5 heteroatoms. The van der Waals surface area contributed by atoms with Crippen molar-refractivity contribution >= 4 is 0 Å². The molecule has 0 fully saturated rings. The predicted octanol–water partition coefficient (Wildman–Crippen LogP) is 1.38. The van der Waals surface area contributed by atoms with Gasteiger partial charge in [-0.1, -0.05) is 0 Å². The molecule has 0 bridgehead atoms. The van der Waals surface area contributed by atoms with Crippen LogP contribution in [0.1, 0.15) is 5.82 Å². The van der Waals surface area contributed by atoms with Crippen LogP contribution in [0.4, 0.5) is 4.39 Å². The van der Waals surface area contributed by atoms with Gasteiger partial charge in [-0.25, -0.2) is 4.39 Å². The van der Waals surface area contributed by atoms with E-state index in [-0.39, 0.29) is 5.82 Å². The highest BCUT2D eigenvalue weighted by molar-refractivity contribution is 5.53. The number of nitrogens with zero attached hydrogens (tertiary/aromatic N) is 4. The lowest BCUT2D eigenvalue weighted by Gasteiger charge is -1.97. The number of halogens is 1. The van der Waals surface area contributed by atoms with E-state index in [0.29, 0.717) is 17.2 Å². The SMILES string of the molecule is Cc1nnc(-c2ccc(F)cc2)nn1. The minimum atomic E-state index is -0.290. The Kier molecular flexibility index (Phi) is 2.14. The maximum Gasteiger partial charge on any atom is 0.203 e. The summed E-state index contributed by atoms with van der Waals surface area (Å²) in [5.41, 5.74) is 0.700. The normalized spacial score (nSPS) is 10.1. The van der Waals surface area contributed by atoms with Crippen LogP contribution in [0, 0.1) is 12.7 Å². The van der Waals surface area contributed by atoms with Gasteiger partial charge in [-0.2, -0.15) is 0 Å². The molecular formula is C9H7FN4. The average Bonchev–Trinajstić information content (AvgIpc) is 2.21. The van der Waals surface area contributed by atoms with Crippen LogP contribution in [0.5, 0.6) is 0 Å². The van der Waals surface area contributed by atoms with Crippen molar-refractivity contribution in [3.8, 4) is 11.4 Å². The Hall–Kier alpha value is -1.91. The molecule has 0 aliphatic heterocycles. The minimum absolute atomic E-state index is 0.290. The predicted molar refractivity (Wildman–Crippen MR) is 47.8 cm³/mol. The molecule has 4 nitrogen and oxygen atoms in total. The average molecular weight is 190 g/mol. The van der Waals surface area contributed by atoms with E-state index in [0.717, 1.165) is 0 Å². The first-order chi connectivity index (χ1) is 6.75. The fraction of sp³-hybridized carbons (Fsp3) is 0.111. The smallest absolute Gasteiger partial charge is 0.203 e. The third-order valence-electron chi connectivity index (χ3n) is 1.68. The van der Waals surface area contributed by atoms with Crippen molar-refractivity contribution in [3.63, 3.8) is 0 Å². The summed E-state index contributed by atoms with van der Waals surface area (Å²) in [6.07, 6.45) is 0. The van der Waals surface area contributed by atoms with Crippen LogP contribution >= 0.6 is 0 Å². The summed E-state index contributed by atoms with van der Waals surface area (Å²) in [6.45, 7) is 1.70. The highest BCUT2D eigenvalue weighted by atomic mass is 19.1. The molecule has 0 aliphatic rings. The number of hydrogen-bond acceptors (Lipinski definition) is 4. The molecule has 1 aromatic carbocycles. The van der Waals surface area contributed by atoms with Gasteiger partial charge in [0.1, 0.15) is 5.82 Å². The van der Waals surface area contributed by atoms with Gasteiger partial charge < -0.3 is 0 Å². The number of rotatable bonds is 1. The third-order valence-corrected chi connectivity index (χ3v) is 1.68. The lowest BCUT2D eigenvalue weighted by atomic mass is 10.2. The van der Waals surface area contributed by atoms with Gasteiger partial charge in [0.05, 0.1) is 0 Å². The Bertz CT molecular complexity index is 380. The van der Waals surface area contributed by atoms with Gasteiger partial charge in [-0.15, -0.1) is 20.4 Å². The Morgan fingerprint density at radius 2 is 1.50 bits per heavy atom. The Balaban J connectivity index is 2.40. The van der Waals surface area contributed by atoms with Crippen LogP contribution in [0.2, 0.25) is 0 Å². The van der Waals surface area contributed by atoms with E-state index >= 15 is 0 Å². The molecule has 0 saturated heterocycles. The zero-order chi connectivity index (χ0) is 9.97. The molecule has 1 aromatic heterocycles. The molecule has 0 unspecified atom stereocenters. The van der Waals surface area contributed by atoms with E-state index in [4.69, 9.17) is 0 Å². The molecule has 2 rings (SSSR count). The van der Waals surface area contributed by atoms with Crippen molar-refractivity contribution in [1.29, 1.82) is 0 Å². The fourth-order valence-corrected chi connectivity index (χ4v) is 0.994. The second kappa shape index (κ2) is 3.45. The molecule has 0 saturated carbocycles. The number of hydrogen-bond donors (Lipinski definition) is 0. The largest absolute Gasteiger partial charge is 0.207 e. The van der Waals surface area contributed by atoms with E-state index in [1.54, 1.807) is 19.1 Å². The van der Waals surface area contributed by atoms with Crippen molar-refractivity contribution in [2.75, 3.05) is 0 Å². The van der Waals surface area contributed by atoms with Crippen molar-refractivity contribution in [2.45, 2.75) is 6.92 Å². The monoisotopic (exact) mass is 190 g/mol. The summed E-state index contributed by atoms with van der Waals surface area (Å²) in [7, 11) is 0. The zero-order valence-electron chi connectivity index (χ0n) is 7.48. The van der Waals surface area contributed by atoms with E-state index in [1.807, 2.05) is 0 Å². The molecule has 0 atom stereocenters. The maximum absolute atomic E-state index is 12.6. The van der Waals surface area contributed by atoms with Crippen molar-refractivity contribution in [1.82, 2.24) is 20.4 Å². The number of aryl methyl sites for hydroxylation is 1. The third kappa shape index (κ3) is 1.71. The highest BCUT2D eigenvalue weighted by Gasteiger charge is 2.01. The fourth-order valence-electron chi connectivity index (χ4n) is 0.994. The van der Waals surface area contributed by atoms with Crippen LogP contribution < -0.4 is 0 Å². The quantitative estimate of drug-likeness (QED) is 0.681. The summed E-state index contributed by atoms with van der Waals surface area (Å²) in [6, 6.07) is 5.86. The van der Waals surface area contributed by atoms with Gasteiger partial charge in [0.2, 0.25) is 5.82 Å². The lowest BCUT2D eigenvalue weighted by Crippen LogP contribution is -1.98. The standard InChI is InChI=1S/C9H7FN4/c1-6-11-13-9(14-12-6)7-2-4-8(10)5-3-7/h2-5H,1H3. The Morgan fingerprint density at radius 3 is 2.07 bits per heavy atom. The first-order valence-electron chi connectivity index (χ1n) is 4.05. The molecule has 2 aromatic rings. The van der Waals surface area contributed by atoms with Crippen LogP contribution in [-0.2, 0) is 0 Å². The summed E-state index contributed by atoms with van der Waals surface area (Å²) >= 11 is 0. The van der Waals surface area contributed by atoms with Gasteiger partial charge in [-0.3, -0.25) is 0 Å². The minimum Gasteiger partial charge on any atom is -0.207 e. The van der Waals surface area contributed by atoms with E-state index in [9.17, 15) is 4.39 Å². The van der Waals surface area contributed by atoms with Crippen molar-refractivity contribution < 1.29 is 4.39 Å². The Morgan fingerprint density at radius 1 is 0.929 bits per heavy atom. The molecule has 14 heavy (non-hydrogen) atoms. The van der Waals surface area contributed by atoms with Crippen LogP contribution in [0.3, 0.4) is 0 Å². The lowest BCUT2D eigenvalue weighted by molar-refractivity contribution is 0.628. The molecule has 0 N–H and O–H groups in total. The first-order valence-corrected chi connectivity index (χ1v) is 4.05. The van der Waals surface area contributed by atoms with Gasteiger partial charge in [-0.05, 0) is 31.2 Å². The van der Waals surface area contributed by atoms with Crippen LogP contribution in [0.15, 0.2) is 24.3 Å². The first kappa shape index (κ1) is 8.68.